The molecule has 4 rings (SSSR count). The van der Waals surface area contributed by atoms with Crippen molar-refractivity contribution in [3.63, 3.8) is 0 Å². The standard InChI is InChI=1S/C26H33N3O2S3/c1-8-20-22-19-13-26(4,5)30-14-21(19)34-23(22)28-25(32-7)29(20)24(27-6)33-15-17-10-9-11-18(12-17)31-16(2)3/h8-12,16H,13-15H2,1-7H3/b20-8?,27-24+. The molecule has 34 heavy (non-hydrogen) atoms. The third-order valence-corrected chi connectivity index (χ3v) is 8.47. The minimum atomic E-state index is -0.172. The fraction of sp³-hybridized carbons (Fsp3) is 0.462. The Morgan fingerprint density at radius 1 is 1.38 bits per heavy atom. The Hall–Kier alpha value is -1.74. The summed E-state index contributed by atoms with van der Waals surface area (Å²) in [5.41, 5.74) is 4.81. The molecule has 2 aliphatic heterocycles. The van der Waals surface area contributed by atoms with Crippen LogP contribution in [-0.2, 0) is 23.5 Å². The summed E-state index contributed by atoms with van der Waals surface area (Å²) in [6.45, 7) is 11.2. The Morgan fingerprint density at radius 2 is 2.18 bits per heavy atom. The van der Waals surface area contributed by atoms with E-state index in [1.165, 1.54) is 21.6 Å². The zero-order chi connectivity index (χ0) is 24.5. The molecule has 0 aliphatic carbocycles. The summed E-state index contributed by atoms with van der Waals surface area (Å²) in [7, 11) is 1.86. The summed E-state index contributed by atoms with van der Waals surface area (Å²) in [6.07, 6.45) is 5.32. The second-order valence-electron chi connectivity index (χ2n) is 9.13. The first-order valence-electron chi connectivity index (χ1n) is 11.5. The van der Waals surface area contributed by atoms with Gasteiger partial charge < -0.3 is 9.47 Å². The number of allylic oxidation sites excluding steroid dienone is 1. The smallest absolute Gasteiger partial charge is 0.175 e. The summed E-state index contributed by atoms with van der Waals surface area (Å²) in [6, 6.07) is 8.32. The van der Waals surface area contributed by atoms with Gasteiger partial charge in [-0.3, -0.25) is 9.89 Å². The quantitative estimate of drug-likeness (QED) is 0.315. The van der Waals surface area contributed by atoms with Gasteiger partial charge in [0.2, 0.25) is 0 Å². The highest BCUT2D eigenvalue weighted by molar-refractivity contribution is 8.15. The van der Waals surface area contributed by atoms with Crippen molar-refractivity contribution in [3.8, 4) is 5.75 Å². The molecule has 0 saturated carbocycles. The molecule has 0 radical (unpaired) electrons. The van der Waals surface area contributed by atoms with E-state index in [1.807, 2.05) is 27.0 Å². The van der Waals surface area contributed by atoms with Gasteiger partial charge in [0, 0.05) is 29.7 Å². The van der Waals surface area contributed by atoms with Crippen LogP contribution in [0, 0.1) is 0 Å². The lowest BCUT2D eigenvalue weighted by molar-refractivity contribution is -0.0383. The van der Waals surface area contributed by atoms with Gasteiger partial charge in [-0.1, -0.05) is 41.7 Å². The number of thioether (sulfide) groups is 2. The van der Waals surface area contributed by atoms with E-state index in [2.05, 4.69) is 56.2 Å². The van der Waals surface area contributed by atoms with E-state index in [9.17, 15) is 0 Å². The number of hydrogen-bond donors (Lipinski definition) is 0. The van der Waals surface area contributed by atoms with Crippen molar-refractivity contribution in [2.24, 2.45) is 9.98 Å². The lowest BCUT2D eigenvalue weighted by atomic mass is 9.91. The predicted octanol–water partition coefficient (Wildman–Crippen LogP) is 7.33. The predicted molar refractivity (Wildman–Crippen MR) is 150 cm³/mol. The highest BCUT2D eigenvalue weighted by Gasteiger charge is 2.37. The number of nitrogens with zero attached hydrogens (tertiary/aromatic N) is 3. The fourth-order valence-corrected chi connectivity index (χ4v) is 6.88. The van der Waals surface area contributed by atoms with Crippen molar-refractivity contribution >= 4 is 55.9 Å². The Labute approximate surface area is 215 Å². The molecule has 0 unspecified atom stereocenters. The molecule has 0 saturated heterocycles. The summed E-state index contributed by atoms with van der Waals surface area (Å²) in [5.74, 6) is 1.70. The first-order valence-corrected chi connectivity index (χ1v) is 14.5. The molecule has 1 aromatic heterocycles. The van der Waals surface area contributed by atoms with Crippen molar-refractivity contribution in [1.29, 1.82) is 0 Å². The summed E-state index contributed by atoms with van der Waals surface area (Å²) in [4.78, 5) is 13.3. The first kappa shape index (κ1) is 25.4. The molecule has 1 aromatic carbocycles. The van der Waals surface area contributed by atoms with Crippen LogP contribution < -0.4 is 4.74 Å². The van der Waals surface area contributed by atoms with Crippen LogP contribution in [0.2, 0.25) is 0 Å². The van der Waals surface area contributed by atoms with E-state index in [-0.39, 0.29) is 11.7 Å². The van der Waals surface area contributed by atoms with E-state index in [0.717, 1.165) is 39.0 Å². The summed E-state index contributed by atoms with van der Waals surface area (Å²) in [5, 5.41) is 2.97. The molecular formula is C26H33N3O2S3. The van der Waals surface area contributed by atoms with Crippen LogP contribution in [0.25, 0.3) is 5.70 Å². The molecule has 0 N–H and O–H groups in total. The summed E-state index contributed by atoms with van der Waals surface area (Å²) < 4.78 is 12.0. The molecule has 2 aromatic rings. The number of hydrogen-bond acceptors (Lipinski definition) is 7. The number of rotatable bonds is 4. The Kier molecular flexibility index (Phi) is 7.82. The van der Waals surface area contributed by atoms with Gasteiger partial charge in [0.25, 0.3) is 0 Å². The monoisotopic (exact) mass is 515 g/mol. The molecule has 182 valence electrons. The minimum absolute atomic E-state index is 0.155. The van der Waals surface area contributed by atoms with Gasteiger partial charge in [0.05, 0.1) is 24.0 Å². The second kappa shape index (κ2) is 10.5. The largest absolute Gasteiger partial charge is 0.491 e. The Balaban J connectivity index is 1.64. The molecule has 0 bridgehead atoms. The molecule has 0 spiro atoms. The van der Waals surface area contributed by atoms with E-state index >= 15 is 0 Å². The van der Waals surface area contributed by atoms with Gasteiger partial charge in [0.1, 0.15) is 10.8 Å². The zero-order valence-electron chi connectivity index (χ0n) is 21.0. The van der Waals surface area contributed by atoms with Crippen LogP contribution in [0.5, 0.6) is 5.75 Å². The molecule has 5 nitrogen and oxygen atoms in total. The van der Waals surface area contributed by atoms with E-state index in [1.54, 1.807) is 34.9 Å². The molecule has 0 fully saturated rings. The minimum Gasteiger partial charge on any atom is -0.491 e. The van der Waals surface area contributed by atoms with Crippen molar-refractivity contribution in [3.05, 3.63) is 51.9 Å². The molecule has 2 aliphatic rings. The van der Waals surface area contributed by atoms with Crippen molar-refractivity contribution in [1.82, 2.24) is 4.90 Å². The topological polar surface area (TPSA) is 46.4 Å². The van der Waals surface area contributed by atoms with Gasteiger partial charge in [0.15, 0.2) is 10.3 Å². The fourth-order valence-electron chi connectivity index (χ4n) is 4.19. The Morgan fingerprint density at radius 3 is 2.85 bits per heavy atom. The maximum absolute atomic E-state index is 6.09. The Bertz CT molecular complexity index is 1150. The van der Waals surface area contributed by atoms with Crippen molar-refractivity contribution < 1.29 is 9.47 Å². The van der Waals surface area contributed by atoms with Gasteiger partial charge in [-0.25, -0.2) is 4.99 Å². The maximum atomic E-state index is 6.09. The third-order valence-electron chi connectivity index (χ3n) is 5.63. The number of fused-ring (bicyclic) bond motifs is 3. The third kappa shape index (κ3) is 5.25. The van der Waals surface area contributed by atoms with Crippen molar-refractivity contribution in [2.45, 2.75) is 65.1 Å². The highest BCUT2D eigenvalue weighted by atomic mass is 32.2. The number of ether oxygens (including phenoxy) is 2. The molecular weight excluding hydrogens is 483 g/mol. The number of amidine groups is 2. The number of aliphatic imine (C=N–C) groups is 2. The van der Waals surface area contributed by atoms with Crippen LogP contribution in [0.3, 0.4) is 0 Å². The number of thiophene rings is 1. The lowest BCUT2D eigenvalue weighted by Gasteiger charge is -2.34. The average molecular weight is 516 g/mol. The van der Waals surface area contributed by atoms with Crippen LogP contribution in [0.15, 0.2) is 40.3 Å². The van der Waals surface area contributed by atoms with Gasteiger partial charge >= 0.3 is 0 Å². The van der Waals surface area contributed by atoms with E-state index < -0.39 is 0 Å². The van der Waals surface area contributed by atoms with Crippen LogP contribution in [-0.4, -0.2) is 40.2 Å². The molecule has 8 heteroatoms. The van der Waals surface area contributed by atoms with Crippen LogP contribution in [0.4, 0.5) is 5.00 Å². The summed E-state index contributed by atoms with van der Waals surface area (Å²) >= 11 is 5.14. The zero-order valence-corrected chi connectivity index (χ0v) is 23.4. The average Bonchev–Trinajstić information content (AvgIpc) is 3.15. The normalized spacial score (nSPS) is 18.7. The van der Waals surface area contributed by atoms with Gasteiger partial charge in [-0.2, -0.15) is 0 Å². The van der Waals surface area contributed by atoms with Crippen molar-refractivity contribution in [2.75, 3.05) is 13.3 Å². The highest BCUT2D eigenvalue weighted by Crippen LogP contribution is 2.49. The van der Waals surface area contributed by atoms with Gasteiger partial charge in [-0.05, 0) is 64.1 Å². The van der Waals surface area contributed by atoms with Crippen LogP contribution in [0.1, 0.15) is 56.2 Å². The SMILES string of the molecule is CC=C1c2c(sc3c2CC(C)(C)OC3)N=C(SC)N1/C(=N\C)SCc1cccc(OC(C)C)c1. The van der Waals surface area contributed by atoms with Gasteiger partial charge in [-0.15, -0.1) is 11.3 Å². The lowest BCUT2D eigenvalue weighted by Crippen LogP contribution is -2.35. The van der Waals surface area contributed by atoms with E-state index in [4.69, 9.17) is 19.5 Å². The van der Waals surface area contributed by atoms with E-state index in [0.29, 0.717) is 6.61 Å². The number of benzene rings is 1. The second-order valence-corrected chi connectivity index (χ2v) is 11.9. The van der Waals surface area contributed by atoms with Crippen LogP contribution >= 0.6 is 34.9 Å². The maximum Gasteiger partial charge on any atom is 0.175 e. The molecule has 0 amide bonds. The molecule has 3 heterocycles. The molecule has 0 atom stereocenters. The first-order chi connectivity index (χ1) is 16.3.